The van der Waals surface area contributed by atoms with Crippen molar-refractivity contribution in [3.8, 4) is 0 Å². The van der Waals surface area contributed by atoms with Gasteiger partial charge in [-0.1, -0.05) is 53.7 Å². The number of hydrogen-bond acceptors (Lipinski definition) is 1. The predicted octanol–water partition coefficient (Wildman–Crippen LogP) is 4.78. The van der Waals surface area contributed by atoms with Gasteiger partial charge in [0.05, 0.1) is 6.26 Å². The van der Waals surface area contributed by atoms with Crippen LogP contribution in [0.1, 0.15) is 63.8 Å². The van der Waals surface area contributed by atoms with E-state index in [0.29, 0.717) is 6.61 Å². The minimum atomic E-state index is 0.165. The third-order valence-corrected chi connectivity index (χ3v) is 3.48. The van der Waals surface area contributed by atoms with Gasteiger partial charge in [0.15, 0.2) is 0 Å². The quantitative estimate of drug-likeness (QED) is 0.638. The van der Waals surface area contributed by atoms with E-state index in [1.165, 1.54) is 22.3 Å². The molecule has 1 aromatic rings. The van der Waals surface area contributed by atoms with Crippen molar-refractivity contribution < 1.29 is 4.74 Å². The van der Waals surface area contributed by atoms with Crippen LogP contribution in [0.25, 0.3) is 6.08 Å². The van der Waals surface area contributed by atoms with Crippen LogP contribution in [-0.4, -0.2) is 0 Å². The topological polar surface area (TPSA) is 9.23 Å². The van der Waals surface area contributed by atoms with Gasteiger partial charge in [-0.05, 0) is 39.2 Å². The molecule has 0 aromatic heterocycles. The first-order chi connectivity index (χ1) is 8.19. The lowest BCUT2D eigenvalue weighted by Gasteiger charge is -2.32. The standard InChI is InChI=1S/C17H24O/c1-16(2,3)14-9-12-7-8-18-11-13(12)10-15(14)17(4,5)6/h7-10H,11H2,1-6H3. The van der Waals surface area contributed by atoms with E-state index in [1.807, 2.05) is 0 Å². The van der Waals surface area contributed by atoms with Gasteiger partial charge in [0.2, 0.25) is 0 Å². The summed E-state index contributed by atoms with van der Waals surface area (Å²) in [5, 5.41) is 0. The Morgan fingerprint density at radius 1 is 0.889 bits per heavy atom. The summed E-state index contributed by atoms with van der Waals surface area (Å²) in [7, 11) is 0. The zero-order chi connectivity index (χ0) is 13.6. The van der Waals surface area contributed by atoms with Gasteiger partial charge in [-0.2, -0.15) is 0 Å². The van der Waals surface area contributed by atoms with Gasteiger partial charge < -0.3 is 4.74 Å². The predicted molar refractivity (Wildman–Crippen MR) is 77.7 cm³/mol. The molecule has 0 spiro atoms. The van der Waals surface area contributed by atoms with Crippen LogP contribution < -0.4 is 0 Å². The zero-order valence-electron chi connectivity index (χ0n) is 12.4. The minimum absolute atomic E-state index is 0.165. The molecule has 1 aliphatic heterocycles. The largest absolute Gasteiger partial charge is 0.496 e. The van der Waals surface area contributed by atoms with E-state index in [-0.39, 0.29) is 10.8 Å². The van der Waals surface area contributed by atoms with E-state index in [2.05, 4.69) is 59.8 Å². The highest BCUT2D eigenvalue weighted by atomic mass is 16.5. The first-order valence-corrected chi connectivity index (χ1v) is 6.65. The fourth-order valence-corrected chi connectivity index (χ4v) is 2.44. The summed E-state index contributed by atoms with van der Waals surface area (Å²) in [6.07, 6.45) is 3.87. The van der Waals surface area contributed by atoms with Crippen molar-refractivity contribution in [2.24, 2.45) is 0 Å². The van der Waals surface area contributed by atoms with Gasteiger partial charge in [0.25, 0.3) is 0 Å². The van der Waals surface area contributed by atoms with Crippen LogP contribution in [0.4, 0.5) is 0 Å². The van der Waals surface area contributed by atoms with Crippen molar-refractivity contribution in [2.75, 3.05) is 0 Å². The molecular weight excluding hydrogens is 220 g/mol. The van der Waals surface area contributed by atoms with Crippen molar-refractivity contribution in [3.63, 3.8) is 0 Å². The molecule has 2 rings (SSSR count). The Labute approximate surface area is 111 Å². The first kappa shape index (κ1) is 13.2. The molecule has 0 bridgehead atoms. The van der Waals surface area contributed by atoms with Crippen molar-refractivity contribution in [1.29, 1.82) is 0 Å². The molecule has 98 valence electrons. The normalized spacial score (nSPS) is 15.2. The summed E-state index contributed by atoms with van der Waals surface area (Å²) in [4.78, 5) is 0. The lowest BCUT2D eigenvalue weighted by molar-refractivity contribution is 0.234. The summed E-state index contributed by atoms with van der Waals surface area (Å²) >= 11 is 0. The fraction of sp³-hybridized carbons (Fsp3) is 0.529. The van der Waals surface area contributed by atoms with E-state index in [4.69, 9.17) is 4.74 Å². The fourth-order valence-electron chi connectivity index (χ4n) is 2.44. The molecule has 0 fully saturated rings. The molecule has 18 heavy (non-hydrogen) atoms. The average molecular weight is 244 g/mol. The maximum absolute atomic E-state index is 5.41. The highest BCUT2D eigenvalue weighted by molar-refractivity contribution is 5.59. The molecule has 0 unspecified atom stereocenters. The molecule has 1 heterocycles. The first-order valence-electron chi connectivity index (χ1n) is 6.65. The molecule has 1 aliphatic rings. The second kappa shape index (κ2) is 4.15. The van der Waals surface area contributed by atoms with Crippen molar-refractivity contribution >= 4 is 6.08 Å². The molecule has 0 amide bonds. The second-order valence-corrected chi connectivity index (χ2v) is 7.21. The van der Waals surface area contributed by atoms with Gasteiger partial charge in [0, 0.05) is 0 Å². The van der Waals surface area contributed by atoms with Gasteiger partial charge in [-0.25, -0.2) is 0 Å². The zero-order valence-corrected chi connectivity index (χ0v) is 12.4. The molecule has 1 heteroatoms. The Morgan fingerprint density at radius 2 is 1.44 bits per heavy atom. The summed E-state index contributed by atoms with van der Waals surface area (Å²) in [6.45, 7) is 14.4. The molecule has 0 radical (unpaired) electrons. The smallest absolute Gasteiger partial charge is 0.113 e. The Kier molecular flexibility index (Phi) is 3.04. The molecule has 0 saturated carbocycles. The summed E-state index contributed by atoms with van der Waals surface area (Å²) < 4.78 is 5.41. The summed E-state index contributed by atoms with van der Waals surface area (Å²) in [5.74, 6) is 0. The van der Waals surface area contributed by atoms with Crippen LogP contribution in [0.3, 0.4) is 0 Å². The maximum atomic E-state index is 5.41. The van der Waals surface area contributed by atoms with E-state index >= 15 is 0 Å². The number of ether oxygens (including phenoxy) is 1. The highest BCUT2D eigenvalue weighted by Crippen LogP contribution is 2.37. The molecule has 1 nitrogen and oxygen atoms in total. The Morgan fingerprint density at radius 3 is 2.00 bits per heavy atom. The van der Waals surface area contributed by atoms with Gasteiger partial charge in [-0.3, -0.25) is 0 Å². The van der Waals surface area contributed by atoms with E-state index in [0.717, 1.165) is 0 Å². The Bertz CT molecular complexity index is 482. The average Bonchev–Trinajstić information content (AvgIpc) is 2.25. The van der Waals surface area contributed by atoms with E-state index < -0.39 is 0 Å². The minimum Gasteiger partial charge on any atom is -0.496 e. The van der Waals surface area contributed by atoms with Crippen LogP contribution in [0.2, 0.25) is 0 Å². The molecule has 0 N–H and O–H groups in total. The molecule has 0 atom stereocenters. The third kappa shape index (κ3) is 2.45. The number of rotatable bonds is 0. The SMILES string of the molecule is CC(C)(C)c1cc2c(cc1C(C)(C)C)COC=C2. The molecular formula is C17H24O. The van der Waals surface area contributed by atoms with Gasteiger partial charge in [0.1, 0.15) is 6.61 Å². The van der Waals surface area contributed by atoms with Crippen LogP contribution >= 0.6 is 0 Å². The summed E-state index contributed by atoms with van der Waals surface area (Å²) in [6, 6.07) is 4.67. The Hall–Kier alpha value is -1.24. The summed E-state index contributed by atoms with van der Waals surface area (Å²) in [5.41, 5.74) is 5.82. The van der Waals surface area contributed by atoms with Gasteiger partial charge in [-0.15, -0.1) is 0 Å². The molecule has 1 aromatic carbocycles. The maximum Gasteiger partial charge on any atom is 0.113 e. The monoisotopic (exact) mass is 244 g/mol. The lowest BCUT2D eigenvalue weighted by Crippen LogP contribution is -2.23. The van der Waals surface area contributed by atoms with E-state index in [9.17, 15) is 0 Å². The van der Waals surface area contributed by atoms with Crippen molar-refractivity contribution in [3.05, 3.63) is 40.6 Å². The lowest BCUT2D eigenvalue weighted by atomic mass is 9.73. The molecule has 0 aliphatic carbocycles. The van der Waals surface area contributed by atoms with Crippen molar-refractivity contribution in [2.45, 2.75) is 59.0 Å². The number of fused-ring (bicyclic) bond motifs is 1. The number of hydrogen-bond donors (Lipinski definition) is 0. The van der Waals surface area contributed by atoms with Gasteiger partial charge >= 0.3 is 0 Å². The Balaban J connectivity index is 2.67. The highest BCUT2D eigenvalue weighted by Gasteiger charge is 2.26. The molecule has 0 saturated heterocycles. The van der Waals surface area contributed by atoms with Crippen LogP contribution in [0, 0.1) is 0 Å². The second-order valence-electron chi connectivity index (χ2n) is 7.21. The van der Waals surface area contributed by atoms with Crippen molar-refractivity contribution in [1.82, 2.24) is 0 Å². The number of benzene rings is 1. The van der Waals surface area contributed by atoms with E-state index in [1.54, 1.807) is 6.26 Å². The van der Waals surface area contributed by atoms with Crippen LogP contribution in [0.15, 0.2) is 18.4 Å². The van der Waals surface area contributed by atoms with Crippen LogP contribution in [-0.2, 0) is 22.2 Å². The third-order valence-electron chi connectivity index (χ3n) is 3.48. The van der Waals surface area contributed by atoms with Crippen LogP contribution in [0.5, 0.6) is 0 Å².